The third-order valence-corrected chi connectivity index (χ3v) is 6.58. The number of hydrogen-bond acceptors (Lipinski definition) is 7. The van der Waals surface area contributed by atoms with Crippen LogP contribution in [0.3, 0.4) is 0 Å². The van der Waals surface area contributed by atoms with E-state index in [4.69, 9.17) is 18.0 Å². The zero-order valence-electron chi connectivity index (χ0n) is 18.0. The summed E-state index contributed by atoms with van der Waals surface area (Å²) in [5.74, 6) is 0.322. The molecule has 0 aliphatic rings. The van der Waals surface area contributed by atoms with Crippen LogP contribution in [-0.2, 0) is 13.6 Å². The molecular formula is C23H27O7P. The van der Waals surface area contributed by atoms with Crippen molar-refractivity contribution in [1.82, 2.24) is 0 Å². The van der Waals surface area contributed by atoms with Gasteiger partial charge in [0.15, 0.2) is 5.43 Å². The highest BCUT2D eigenvalue weighted by molar-refractivity contribution is 7.49. The van der Waals surface area contributed by atoms with Crippen LogP contribution in [0.15, 0.2) is 57.9 Å². The van der Waals surface area contributed by atoms with E-state index in [1.807, 2.05) is 13.8 Å². The average molecular weight is 446 g/mol. The molecule has 31 heavy (non-hydrogen) atoms. The van der Waals surface area contributed by atoms with Gasteiger partial charge in [-0.05, 0) is 56.5 Å². The van der Waals surface area contributed by atoms with Crippen LogP contribution in [0.2, 0.25) is 0 Å². The van der Waals surface area contributed by atoms with Crippen molar-refractivity contribution in [3.8, 4) is 22.6 Å². The van der Waals surface area contributed by atoms with Gasteiger partial charge < -0.3 is 14.0 Å². The molecule has 1 aromatic heterocycles. The largest absolute Gasteiger partial charge is 0.530 e. The molecule has 1 heterocycles. The second-order valence-corrected chi connectivity index (χ2v) is 8.87. The van der Waals surface area contributed by atoms with E-state index >= 15 is 0 Å². The van der Waals surface area contributed by atoms with Gasteiger partial charge in [-0.2, -0.15) is 0 Å². The van der Waals surface area contributed by atoms with Crippen LogP contribution in [0, 0.1) is 0 Å². The summed E-state index contributed by atoms with van der Waals surface area (Å²) in [6, 6.07) is 10.9. The maximum Gasteiger partial charge on any atom is 0.530 e. The van der Waals surface area contributed by atoms with Crippen molar-refractivity contribution in [2.45, 2.75) is 52.7 Å². The van der Waals surface area contributed by atoms with Gasteiger partial charge in [-0.15, -0.1) is 0 Å². The third kappa shape index (κ3) is 5.56. The van der Waals surface area contributed by atoms with E-state index in [1.165, 1.54) is 30.5 Å². The van der Waals surface area contributed by atoms with E-state index < -0.39 is 7.82 Å². The Morgan fingerprint density at radius 1 is 1.00 bits per heavy atom. The molecule has 166 valence electrons. The van der Waals surface area contributed by atoms with Crippen molar-refractivity contribution in [1.29, 1.82) is 0 Å². The van der Waals surface area contributed by atoms with Gasteiger partial charge in [-0.25, -0.2) is 4.57 Å². The van der Waals surface area contributed by atoms with Crippen molar-refractivity contribution >= 4 is 18.8 Å². The van der Waals surface area contributed by atoms with Gasteiger partial charge in [-0.3, -0.25) is 13.8 Å². The van der Waals surface area contributed by atoms with Crippen LogP contribution in [0.25, 0.3) is 22.1 Å². The minimum Gasteiger partial charge on any atom is -0.508 e. The number of phenols is 1. The minimum atomic E-state index is -3.88. The summed E-state index contributed by atoms with van der Waals surface area (Å²) in [4.78, 5) is 12.9. The smallest absolute Gasteiger partial charge is 0.508 e. The van der Waals surface area contributed by atoms with Gasteiger partial charge in [0, 0.05) is 6.07 Å². The van der Waals surface area contributed by atoms with E-state index in [0.29, 0.717) is 29.4 Å². The Kier molecular flexibility index (Phi) is 7.21. The summed E-state index contributed by atoms with van der Waals surface area (Å²) in [6.07, 6.45) is 2.00. The number of phosphoric acid groups is 1. The molecule has 0 saturated heterocycles. The van der Waals surface area contributed by atoms with Crippen molar-refractivity contribution in [3.05, 3.63) is 59.0 Å². The van der Waals surface area contributed by atoms with Gasteiger partial charge in [-0.1, -0.05) is 26.0 Å². The zero-order valence-corrected chi connectivity index (χ0v) is 18.9. The summed E-state index contributed by atoms with van der Waals surface area (Å²) >= 11 is 0. The maximum atomic E-state index is 13.2. The van der Waals surface area contributed by atoms with Crippen molar-refractivity contribution in [2.24, 2.45) is 0 Å². The average Bonchev–Trinajstić information content (AvgIpc) is 2.74. The standard InChI is InChI=1S/C23H27O7P/c1-5-15(3)28-31(26,29-16(4)6-2)30-19-11-12-20-22(13-19)27-14-21(23(20)25)17-7-9-18(24)10-8-17/h7-16,24H,5-6H2,1-4H3. The molecule has 0 aliphatic heterocycles. The first-order valence-electron chi connectivity index (χ1n) is 10.3. The maximum absolute atomic E-state index is 13.2. The molecule has 2 aromatic carbocycles. The monoisotopic (exact) mass is 446 g/mol. The van der Waals surface area contributed by atoms with Crippen LogP contribution in [0.4, 0.5) is 0 Å². The lowest BCUT2D eigenvalue weighted by Crippen LogP contribution is -2.14. The highest BCUT2D eigenvalue weighted by Gasteiger charge is 2.33. The molecule has 3 aromatic rings. The summed E-state index contributed by atoms with van der Waals surface area (Å²) < 4.78 is 35.7. The normalized spacial score (nSPS) is 15.4. The molecule has 8 heteroatoms. The third-order valence-electron chi connectivity index (χ3n) is 4.91. The molecule has 0 aliphatic carbocycles. The molecule has 0 radical (unpaired) electrons. The number of fused-ring (bicyclic) bond motifs is 1. The number of rotatable bonds is 9. The van der Waals surface area contributed by atoms with Gasteiger partial charge in [0.2, 0.25) is 0 Å². The second-order valence-electron chi connectivity index (χ2n) is 7.37. The van der Waals surface area contributed by atoms with E-state index in [1.54, 1.807) is 32.0 Å². The molecule has 1 N–H and O–H groups in total. The van der Waals surface area contributed by atoms with Gasteiger partial charge in [0.25, 0.3) is 0 Å². The Morgan fingerprint density at radius 3 is 2.19 bits per heavy atom. The topological polar surface area (TPSA) is 95.2 Å². The molecule has 0 amide bonds. The lowest BCUT2D eigenvalue weighted by atomic mass is 10.1. The van der Waals surface area contributed by atoms with E-state index in [-0.39, 0.29) is 34.7 Å². The first-order valence-corrected chi connectivity index (χ1v) is 11.7. The van der Waals surface area contributed by atoms with Crippen molar-refractivity contribution in [2.75, 3.05) is 0 Å². The molecule has 0 saturated carbocycles. The van der Waals surface area contributed by atoms with Gasteiger partial charge in [0.1, 0.15) is 23.3 Å². The predicted octanol–water partition coefficient (Wildman–Crippen LogP) is 6.28. The van der Waals surface area contributed by atoms with Crippen LogP contribution in [0.5, 0.6) is 11.5 Å². The highest BCUT2D eigenvalue weighted by Crippen LogP contribution is 2.52. The highest BCUT2D eigenvalue weighted by atomic mass is 31.2. The molecule has 2 atom stereocenters. The Bertz CT molecular complexity index is 1120. The van der Waals surface area contributed by atoms with E-state index in [9.17, 15) is 14.5 Å². The number of benzene rings is 2. The number of aromatic hydroxyl groups is 1. The summed E-state index contributed by atoms with van der Waals surface area (Å²) in [5.41, 5.74) is 1.05. The lowest BCUT2D eigenvalue weighted by Gasteiger charge is -2.24. The molecule has 0 fully saturated rings. The Hall–Kier alpha value is -2.60. The molecule has 0 spiro atoms. The molecule has 7 nitrogen and oxygen atoms in total. The molecular weight excluding hydrogens is 419 g/mol. The Balaban J connectivity index is 1.94. The van der Waals surface area contributed by atoms with Gasteiger partial charge in [0.05, 0.1) is 23.2 Å². The Labute approximate surface area is 181 Å². The number of phosphoric ester groups is 1. The first-order chi connectivity index (χ1) is 14.7. The van der Waals surface area contributed by atoms with E-state index in [0.717, 1.165) is 0 Å². The van der Waals surface area contributed by atoms with E-state index in [2.05, 4.69) is 0 Å². The number of phenolic OH excluding ortho intramolecular Hbond substituents is 1. The lowest BCUT2D eigenvalue weighted by molar-refractivity contribution is 0.0881. The quantitative estimate of drug-likeness (QED) is 0.386. The summed E-state index contributed by atoms with van der Waals surface area (Å²) in [6.45, 7) is 7.41. The fraction of sp³-hybridized carbons (Fsp3) is 0.348. The summed E-state index contributed by atoms with van der Waals surface area (Å²) in [7, 11) is -3.88. The minimum absolute atomic E-state index is 0.111. The SMILES string of the molecule is CCC(C)OP(=O)(Oc1ccc2c(=O)c(-c3ccc(O)cc3)coc2c1)OC(C)CC. The van der Waals surface area contributed by atoms with Crippen LogP contribution in [-0.4, -0.2) is 17.3 Å². The predicted molar refractivity (Wildman–Crippen MR) is 119 cm³/mol. The number of hydrogen-bond donors (Lipinski definition) is 1. The molecule has 3 rings (SSSR count). The molecule has 0 bridgehead atoms. The fourth-order valence-corrected chi connectivity index (χ4v) is 4.48. The van der Waals surface area contributed by atoms with Crippen molar-refractivity contribution < 1.29 is 27.7 Å². The van der Waals surface area contributed by atoms with Gasteiger partial charge >= 0.3 is 7.82 Å². The Morgan fingerprint density at radius 2 is 1.61 bits per heavy atom. The van der Waals surface area contributed by atoms with Crippen LogP contribution in [0.1, 0.15) is 40.5 Å². The zero-order chi connectivity index (χ0) is 22.6. The summed E-state index contributed by atoms with van der Waals surface area (Å²) in [5, 5.41) is 9.80. The van der Waals surface area contributed by atoms with Crippen molar-refractivity contribution in [3.63, 3.8) is 0 Å². The first kappa shape index (κ1) is 23.1. The molecule has 2 unspecified atom stereocenters. The van der Waals surface area contributed by atoms with Crippen LogP contribution < -0.4 is 9.95 Å². The second kappa shape index (κ2) is 9.69. The fourth-order valence-electron chi connectivity index (χ4n) is 2.79. The van der Waals surface area contributed by atoms with Crippen LogP contribution >= 0.6 is 7.82 Å².